The summed E-state index contributed by atoms with van der Waals surface area (Å²) in [5.74, 6) is 0.600. The smallest absolute Gasteiger partial charge is 0.378 e. The molecule has 0 atom stereocenters. The Labute approximate surface area is 155 Å². The molecule has 0 spiro atoms. The predicted octanol–water partition coefficient (Wildman–Crippen LogP) is 2.70. The van der Waals surface area contributed by atoms with Crippen LogP contribution in [-0.2, 0) is 11.3 Å². The maximum absolute atomic E-state index is 12.3. The second-order valence-electron chi connectivity index (χ2n) is 5.45. The van der Waals surface area contributed by atoms with Crippen LogP contribution in [0.2, 0.25) is 0 Å². The molecule has 2 N–H and O–H groups in total. The van der Waals surface area contributed by atoms with Gasteiger partial charge in [-0.05, 0) is 37.3 Å². The van der Waals surface area contributed by atoms with Gasteiger partial charge in [0.05, 0.1) is 13.2 Å². The number of para-hydroxylation sites is 1. The summed E-state index contributed by atoms with van der Waals surface area (Å²) in [6.07, 6.45) is 0. The number of carbonyl (C=O) groups excluding carboxylic acids is 2. The second-order valence-corrected chi connectivity index (χ2v) is 5.45. The lowest BCUT2D eigenvalue weighted by Gasteiger charge is -2.08. The number of hydrogen-bond donors (Lipinski definition) is 2. The Kier molecular flexibility index (Phi) is 5.78. The van der Waals surface area contributed by atoms with Gasteiger partial charge >= 0.3 is 5.97 Å². The Morgan fingerprint density at radius 1 is 1.07 bits per heavy atom. The summed E-state index contributed by atoms with van der Waals surface area (Å²) in [6, 6.07) is 16.1. The fourth-order valence-corrected chi connectivity index (χ4v) is 2.25. The van der Waals surface area contributed by atoms with E-state index in [2.05, 4.69) is 20.5 Å². The molecule has 2 aromatic carbocycles. The molecule has 0 fully saturated rings. The Morgan fingerprint density at radius 3 is 2.63 bits per heavy atom. The molecule has 0 saturated heterocycles. The lowest BCUT2D eigenvalue weighted by Crippen LogP contribution is -2.23. The third kappa shape index (κ3) is 4.91. The van der Waals surface area contributed by atoms with Crippen molar-refractivity contribution in [2.45, 2.75) is 13.5 Å². The maximum Gasteiger partial charge on any atom is 0.378 e. The molecule has 8 heteroatoms. The molecule has 0 aliphatic rings. The van der Waals surface area contributed by atoms with Crippen molar-refractivity contribution in [3.05, 3.63) is 71.8 Å². The maximum atomic E-state index is 12.3. The molecule has 0 bridgehead atoms. The van der Waals surface area contributed by atoms with Crippen LogP contribution in [0.1, 0.15) is 33.7 Å². The molecular weight excluding hydrogens is 348 g/mol. The number of aromatic nitrogens is 3. The normalized spacial score (nSPS) is 10.3. The number of nitrogens with zero attached hydrogens (tertiary/aromatic N) is 2. The first kappa shape index (κ1) is 18.1. The second kappa shape index (κ2) is 8.61. The number of esters is 1. The number of hydrogen-bond acceptors (Lipinski definition) is 6. The van der Waals surface area contributed by atoms with Crippen molar-refractivity contribution in [2.24, 2.45) is 0 Å². The van der Waals surface area contributed by atoms with Crippen LogP contribution in [0.25, 0.3) is 0 Å². The molecule has 0 saturated carbocycles. The topological polar surface area (TPSA) is 106 Å². The molecule has 1 amide bonds. The molecule has 3 rings (SSSR count). The van der Waals surface area contributed by atoms with Crippen LogP contribution in [0.3, 0.4) is 0 Å². The van der Waals surface area contributed by atoms with Crippen LogP contribution >= 0.6 is 0 Å². The van der Waals surface area contributed by atoms with Gasteiger partial charge in [-0.15, -0.1) is 5.10 Å². The fourth-order valence-electron chi connectivity index (χ4n) is 2.25. The van der Waals surface area contributed by atoms with E-state index in [0.29, 0.717) is 22.9 Å². The van der Waals surface area contributed by atoms with Gasteiger partial charge in [-0.1, -0.05) is 24.3 Å². The van der Waals surface area contributed by atoms with Crippen molar-refractivity contribution >= 4 is 11.9 Å². The van der Waals surface area contributed by atoms with E-state index in [1.807, 2.05) is 30.3 Å². The van der Waals surface area contributed by atoms with Crippen LogP contribution in [0, 0.1) is 0 Å². The minimum atomic E-state index is -0.614. The Hall–Kier alpha value is -3.68. The Bertz CT molecular complexity index is 924. The first-order chi connectivity index (χ1) is 13.2. The predicted molar refractivity (Wildman–Crippen MR) is 96.5 cm³/mol. The van der Waals surface area contributed by atoms with Gasteiger partial charge in [-0.25, -0.2) is 9.78 Å². The van der Waals surface area contributed by atoms with Crippen molar-refractivity contribution in [2.75, 3.05) is 6.61 Å². The van der Waals surface area contributed by atoms with Crippen LogP contribution in [-0.4, -0.2) is 33.7 Å². The Balaban J connectivity index is 1.60. The van der Waals surface area contributed by atoms with Crippen molar-refractivity contribution in [1.82, 2.24) is 20.5 Å². The van der Waals surface area contributed by atoms with Crippen LogP contribution < -0.4 is 10.1 Å². The lowest BCUT2D eigenvalue weighted by atomic mass is 10.2. The molecule has 27 heavy (non-hydrogen) atoms. The lowest BCUT2D eigenvalue weighted by molar-refractivity contribution is 0.0512. The zero-order valence-corrected chi connectivity index (χ0v) is 14.6. The molecule has 0 aliphatic carbocycles. The molecule has 1 aromatic heterocycles. The zero-order valence-electron chi connectivity index (χ0n) is 14.6. The highest BCUT2D eigenvalue weighted by Gasteiger charge is 2.14. The minimum Gasteiger partial charge on any atom is -0.460 e. The van der Waals surface area contributed by atoms with Gasteiger partial charge in [0.1, 0.15) is 17.3 Å². The van der Waals surface area contributed by atoms with Gasteiger partial charge in [-0.3, -0.25) is 9.89 Å². The van der Waals surface area contributed by atoms with E-state index < -0.39 is 5.97 Å². The molecule has 8 nitrogen and oxygen atoms in total. The average Bonchev–Trinajstić information content (AvgIpc) is 3.16. The van der Waals surface area contributed by atoms with Crippen molar-refractivity contribution in [3.8, 4) is 11.5 Å². The SMILES string of the molecule is CCOC(=O)c1n[nH]c(CNC(=O)c2cccc(Oc3ccccc3)c2)n1. The molecule has 0 aliphatic heterocycles. The number of H-pyrrole nitrogens is 1. The summed E-state index contributed by atoms with van der Waals surface area (Å²) < 4.78 is 10.5. The number of rotatable bonds is 7. The number of carbonyl (C=O) groups is 2. The molecule has 138 valence electrons. The van der Waals surface area contributed by atoms with Gasteiger partial charge in [0.25, 0.3) is 11.7 Å². The molecular formula is C19H18N4O4. The number of nitrogens with one attached hydrogen (secondary N) is 2. The van der Waals surface area contributed by atoms with Gasteiger partial charge in [0.15, 0.2) is 0 Å². The summed E-state index contributed by atoms with van der Waals surface area (Å²) in [7, 11) is 0. The quantitative estimate of drug-likeness (QED) is 0.623. The first-order valence-corrected chi connectivity index (χ1v) is 8.35. The van der Waals surface area contributed by atoms with Gasteiger partial charge in [0, 0.05) is 5.56 Å². The van der Waals surface area contributed by atoms with Crippen LogP contribution in [0.15, 0.2) is 54.6 Å². The van der Waals surface area contributed by atoms with Crippen molar-refractivity contribution in [3.63, 3.8) is 0 Å². The highest BCUT2D eigenvalue weighted by Crippen LogP contribution is 2.21. The largest absolute Gasteiger partial charge is 0.460 e. The summed E-state index contributed by atoms with van der Waals surface area (Å²) in [4.78, 5) is 27.9. The number of aromatic amines is 1. The van der Waals surface area contributed by atoms with Crippen LogP contribution in [0.4, 0.5) is 0 Å². The third-order valence-electron chi connectivity index (χ3n) is 3.48. The van der Waals surface area contributed by atoms with Gasteiger partial charge in [0.2, 0.25) is 0 Å². The average molecular weight is 366 g/mol. The highest BCUT2D eigenvalue weighted by molar-refractivity contribution is 5.94. The fraction of sp³-hybridized carbons (Fsp3) is 0.158. The summed E-state index contributed by atoms with van der Waals surface area (Å²) in [5, 5.41) is 9.07. The molecule has 0 radical (unpaired) electrons. The zero-order chi connectivity index (χ0) is 19.1. The molecule has 3 aromatic rings. The number of ether oxygens (including phenoxy) is 2. The number of benzene rings is 2. The summed E-state index contributed by atoms with van der Waals surface area (Å²) in [5.41, 5.74) is 0.438. The van der Waals surface area contributed by atoms with Crippen molar-refractivity contribution in [1.29, 1.82) is 0 Å². The van der Waals surface area contributed by atoms with Gasteiger partial charge < -0.3 is 14.8 Å². The van der Waals surface area contributed by atoms with E-state index in [1.165, 1.54) is 0 Å². The standard InChI is InChI=1S/C19H18N4O4/c1-2-26-19(25)17-21-16(22-23-17)12-20-18(24)13-7-6-10-15(11-13)27-14-8-4-3-5-9-14/h3-11H,2,12H2,1H3,(H,20,24)(H,21,22,23). The molecule has 1 heterocycles. The third-order valence-corrected chi connectivity index (χ3v) is 3.48. The first-order valence-electron chi connectivity index (χ1n) is 8.35. The van der Waals surface area contributed by atoms with Gasteiger partial charge in [-0.2, -0.15) is 0 Å². The summed E-state index contributed by atoms with van der Waals surface area (Å²) in [6.45, 7) is 2.02. The van der Waals surface area contributed by atoms with E-state index in [4.69, 9.17) is 9.47 Å². The molecule has 0 unspecified atom stereocenters. The van der Waals surface area contributed by atoms with E-state index in [-0.39, 0.29) is 24.9 Å². The minimum absolute atomic E-state index is 0.0700. The van der Waals surface area contributed by atoms with E-state index in [1.54, 1.807) is 31.2 Å². The summed E-state index contributed by atoms with van der Waals surface area (Å²) >= 11 is 0. The highest BCUT2D eigenvalue weighted by atomic mass is 16.5. The van der Waals surface area contributed by atoms with E-state index in [0.717, 1.165) is 0 Å². The monoisotopic (exact) mass is 366 g/mol. The van der Waals surface area contributed by atoms with E-state index >= 15 is 0 Å². The van der Waals surface area contributed by atoms with Crippen molar-refractivity contribution < 1.29 is 19.1 Å². The van der Waals surface area contributed by atoms with E-state index in [9.17, 15) is 9.59 Å². The number of amides is 1. The Morgan fingerprint density at radius 2 is 1.85 bits per heavy atom. The van der Waals surface area contributed by atoms with Crippen LogP contribution in [0.5, 0.6) is 11.5 Å².